The summed E-state index contributed by atoms with van der Waals surface area (Å²) in [5, 5.41) is 5.23. The average molecular weight is 582 g/mol. The lowest BCUT2D eigenvalue weighted by molar-refractivity contribution is 0.187. The molecule has 43 heavy (non-hydrogen) atoms. The van der Waals surface area contributed by atoms with E-state index < -0.39 is 0 Å². The van der Waals surface area contributed by atoms with Crippen LogP contribution >= 0.6 is 0 Å². The second-order valence-electron chi connectivity index (χ2n) is 12.2. The molecule has 0 aliphatic rings. The maximum atomic E-state index is 13.9. The van der Waals surface area contributed by atoms with Crippen LogP contribution in [0.5, 0.6) is 17.2 Å². The van der Waals surface area contributed by atoms with Gasteiger partial charge in [0.2, 0.25) is 0 Å². The number of benzene rings is 3. The molecule has 0 radical (unpaired) electrons. The number of para-hydroxylation sites is 1. The number of ether oxygens (including phenoxy) is 3. The predicted octanol–water partition coefficient (Wildman–Crippen LogP) is 7.94. The molecule has 0 N–H and O–H groups in total. The Balaban J connectivity index is 1.92. The summed E-state index contributed by atoms with van der Waals surface area (Å²) in [7, 11) is 1.67. The van der Waals surface area contributed by atoms with Crippen LogP contribution in [0.25, 0.3) is 22.3 Å². The average Bonchev–Trinajstić information content (AvgIpc) is 2.95. The van der Waals surface area contributed by atoms with Crippen LogP contribution in [-0.4, -0.2) is 36.2 Å². The fraction of sp³-hybridized carbons (Fsp3) is 0.361. The Morgan fingerprint density at radius 1 is 1.07 bits per heavy atom. The first-order valence-corrected chi connectivity index (χ1v) is 14.8. The molecule has 0 spiro atoms. The fourth-order valence-corrected chi connectivity index (χ4v) is 4.88. The summed E-state index contributed by atoms with van der Waals surface area (Å²) < 4.78 is 19.3. The molecule has 226 valence electrons. The molecule has 0 unspecified atom stereocenters. The number of allylic oxidation sites excluding steroid dienone is 1. The van der Waals surface area contributed by atoms with E-state index in [-0.39, 0.29) is 16.9 Å². The number of hydrogen-bond acceptors (Lipinski definition) is 6. The molecular weight excluding hydrogens is 538 g/mol. The van der Waals surface area contributed by atoms with Crippen molar-refractivity contribution in [2.24, 2.45) is 10.5 Å². The Bertz CT molecular complexity index is 1710. The van der Waals surface area contributed by atoms with Crippen molar-refractivity contribution in [1.29, 1.82) is 0 Å². The van der Waals surface area contributed by atoms with E-state index in [9.17, 15) is 4.79 Å². The molecule has 0 saturated heterocycles. The first kappa shape index (κ1) is 31.5. The molecular formula is C36H43N3O4. The van der Waals surface area contributed by atoms with Gasteiger partial charge in [0.15, 0.2) is 17.3 Å². The van der Waals surface area contributed by atoms with E-state index in [2.05, 4.69) is 47.3 Å². The predicted molar refractivity (Wildman–Crippen MR) is 176 cm³/mol. The third-order valence-corrected chi connectivity index (χ3v) is 6.98. The lowest BCUT2D eigenvalue weighted by Crippen LogP contribution is -2.21. The van der Waals surface area contributed by atoms with E-state index in [0.29, 0.717) is 47.9 Å². The molecule has 1 aromatic heterocycles. The van der Waals surface area contributed by atoms with Gasteiger partial charge >= 0.3 is 0 Å². The highest BCUT2D eigenvalue weighted by Crippen LogP contribution is 2.36. The smallest absolute Gasteiger partial charge is 0.282 e. The molecule has 4 aromatic rings. The lowest BCUT2D eigenvalue weighted by atomic mass is 9.96. The summed E-state index contributed by atoms with van der Waals surface area (Å²) >= 11 is 0. The van der Waals surface area contributed by atoms with E-state index in [1.54, 1.807) is 19.4 Å². The Hall–Kier alpha value is -4.39. The van der Waals surface area contributed by atoms with Gasteiger partial charge in [0, 0.05) is 11.1 Å². The van der Waals surface area contributed by atoms with E-state index in [4.69, 9.17) is 24.3 Å². The normalized spacial score (nSPS) is 11.8. The fourth-order valence-electron chi connectivity index (χ4n) is 4.88. The van der Waals surface area contributed by atoms with Gasteiger partial charge in [0.1, 0.15) is 5.75 Å². The maximum absolute atomic E-state index is 13.9. The molecule has 3 aromatic carbocycles. The van der Waals surface area contributed by atoms with Crippen molar-refractivity contribution in [3.05, 3.63) is 93.8 Å². The lowest BCUT2D eigenvalue weighted by Gasteiger charge is -2.22. The highest BCUT2D eigenvalue weighted by molar-refractivity contribution is 5.83. The summed E-state index contributed by atoms with van der Waals surface area (Å²) in [5.41, 5.74) is 4.82. The van der Waals surface area contributed by atoms with E-state index in [0.717, 1.165) is 33.6 Å². The number of rotatable bonds is 11. The molecule has 0 fully saturated rings. The Morgan fingerprint density at radius 2 is 1.81 bits per heavy atom. The molecule has 1 heterocycles. The zero-order valence-corrected chi connectivity index (χ0v) is 26.7. The molecule has 0 bridgehead atoms. The summed E-state index contributed by atoms with van der Waals surface area (Å²) in [6, 6.07) is 15.3. The summed E-state index contributed by atoms with van der Waals surface area (Å²) in [4.78, 5) is 18.8. The van der Waals surface area contributed by atoms with Crippen molar-refractivity contribution in [2.45, 2.75) is 60.8 Å². The largest absolute Gasteiger partial charge is 0.496 e. The number of methoxy groups -OCH3 is 1. The zero-order chi connectivity index (χ0) is 31.3. The summed E-state index contributed by atoms with van der Waals surface area (Å²) in [5.74, 6) is 2.81. The van der Waals surface area contributed by atoms with Crippen LogP contribution < -0.4 is 19.8 Å². The third-order valence-electron chi connectivity index (χ3n) is 6.98. The van der Waals surface area contributed by atoms with Crippen LogP contribution in [0.4, 0.5) is 0 Å². The number of aromatic nitrogens is 2. The SMILES string of the molecule is C=CCc1cc(C=Nn2c(-c3cc(C(C)C)c(OC)cc3C)nc3ccccc3c2=O)cc(OCC)c1OCC(C)(C)C. The van der Waals surface area contributed by atoms with Crippen molar-refractivity contribution in [3.8, 4) is 28.6 Å². The Labute approximate surface area is 254 Å². The van der Waals surface area contributed by atoms with Gasteiger partial charge in [-0.05, 0) is 84.7 Å². The minimum atomic E-state index is -0.250. The second kappa shape index (κ2) is 13.3. The second-order valence-corrected chi connectivity index (χ2v) is 12.2. The molecule has 7 nitrogen and oxygen atoms in total. The first-order chi connectivity index (χ1) is 20.5. The zero-order valence-electron chi connectivity index (χ0n) is 26.7. The number of aryl methyl sites for hydroxylation is 1. The van der Waals surface area contributed by atoms with Crippen LogP contribution in [0, 0.1) is 12.3 Å². The molecule has 0 aliphatic heterocycles. The third kappa shape index (κ3) is 7.16. The number of hydrogen-bond donors (Lipinski definition) is 0. The highest BCUT2D eigenvalue weighted by Gasteiger charge is 2.20. The minimum Gasteiger partial charge on any atom is -0.496 e. The van der Waals surface area contributed by atoms with Crippen LogP contribution in [0.3, 0.4) is 0 Å². The van der Waals surface area contributed by atoms with Crippen molar-refractivity contribution in [3.63, 3.8) is 0 Å². The molecule has 7 heteroatoms. The Kier molecular flexibility index (Phi) is 9.74. The van der Waals surface area contributed by atoms with Crippen molar-refractivity contribution in [2.75, 3.05) is 20.3 Å². The summed E-state index contributed by atoms with van der Waals surface area (Å²) in [6.45, 7) is 19.5. The standard InChI is InChI=1S/C36H43N3O4/c1-10-14-26-18-25(19-32(42-11-2)33(26)43-22-36(6,7)8)21-37-39-34(38-30-16-13-12-15-27(30)35(39)40)29-20-28(23(3)4)31(41-9)17-24(29)5/h10,12-13,15-21,23H,1,11,14,22H2,2-9H3. The monoisotopic (exact) mass is 581 g/mol. The van der Waals surface area contributed by atoms with Gasteiger partial charge < -0.3 is 14.2 Å². The summed E-state index contributed by atoms with van der Waals surface area (Å²) in [6.07, 6.45) is 4.10. The van der Waals surface area contributed by atoms with Crippen molar-refractivity contribution >= 4 is 17.1 Å². The van der Waals surface area contributed by atoms with E-state index in [1.807, 2.05) is 56.3 Å². The van der Waals surface area contributed by atoms with Crippen LogP contribution in [0.2, 0.25) is 0 Å². The van der Waals surface area contributed by atoms with Gasteiger partial charge in [-0.25, -0.2) is 4.98 Å². The van der Waals surface area contributed by atoms with Crippen LogP contribution in [-0.2, 0) is 6.42 Å². The van der Waals surface area contributed by atoms with E-state index in [1.165, 1.54) is 4.68 Å². The Morgan fingerprint density at radius 3 is 2.47 bits per heavy atom. The molecule has 4 rings (SSSR count). The van der Waals surface area contributed by atoms with Gasteiger partial charge in [0.05, 0.1) is 37.4 Å². The van der Waals surface area contributed by atoms with E-state index >= 15 is 0 Å². The minimum absolute atomic E-state index is 0.0231. The van der Waals surface area contributed by atoms with Gasteiger partial charge in [0.25, 0.3) is 5.56 Å². The van der Waals surface area contributed by atoms with Crippen molar-refractivity contribution in [1.82, 2.24) is 9.66 Å². The van der Waals surface area contributed by atoms with Crippen LogP contribution in [0.1, 0.15) is 69.7 Å². The number of nitrogens with zero attached hydrogens (tertiary/aromatic N) is 3. The quantitative estimate of drug-likeness (QED) is 0.133. The van der Waals surface area contributed by atoms with Gasteiger partial charge in [-0.3, -0.25) is 4.79 Å². The maximum Gasteiger partial charge on any atom is 0.282 e. The first-order valence-electron chi connectivity index (χ1n) is 14.8. The number of fused-ring (bicyclic) bond motifs is 1. The van der Waals surface area contributed by atoms with Gasteiger partial charge in [-0.2, -0.15) is 9.78 Å². The molecule has 0 atom stereocenters. The molecule has 0 aliphatic carbocycles. The van der Waals surface area contributed by atoms with Gasteiger partial charge in [-0.1, -0.05) is 52.8 Å². The van der Waals surface area contributed by atoms with Crippen molar-refractivity contribution < 1.29 is 14.2 Å². The molecule has 0 saturated carbocycles. The molecule has 0 amide bonds. The van der Waals surface area contributed by atoms with Gasteiger partial charge in [-0.15, -0.1) is 6.58 Å². The highest BCUT2D eigenvalue weighted by atomic mass is 16.5. The van der Waals surface area contributed by atoms with Crippen LogP contribution in [0.15, 0.2) is 71.1 Å². The topological polar surface area (TPSA) is 74.9 Å².